The lowest BCUT2D eigenvalue weighted by molar-refractivity contribution is 0.636. The molecule has 1 aromatic rings. The monoisotopic (exact) mass is 184 g/mol. The molecule has 0 aliphatic carbocycles. The third kappa shape index (κ3) is 9.06. The zero-order chi connectivity index (χ0) is 10.5. The second kappa shape index (κ2) is 13.7. The van der Waals surface area contributed by atoms with Crippen LogP contribution in [0, 0.1) is 0 Å². The van der Waals surface area contributed by atoms with Crippen molar-refractivity contribution >= 4 is 0 Å². The van der Waals surface area contributed by atoms with E-state index in [4.69, 9.17) is 0 Å². The van der Waals surface area contributed by atoms with Crippen LogP contribution in [0.3, 0.4) is 0 Å². The first kappa shape index (κ1) is 14.7. The van der Waals surface area contributed by atoms with Crippen LogP contribution in [0.4, 0.5) is 4.39 Å². The van der Waals surface area contributed by atoms with Crippen molar-refractivity contribution in [3.8, 4) is 0 Å². The van der Waals surface area contributed by atoms with Gasteiger partial charge in [0.2, 0.25) is 0 Å². The summed E-state index contributed by atoms with van der Waals surface area (Å²) in [5.74, 6) is 0. The van der Waals surface area contributed by atoms with E-state index < -0.39 is 0 Å². The molecule has 1 heteroatoms. The first-order valence-corrected chi connectivity index (χ1v) is 4.85. The van der Waals surface area contributed by atoms with Crippen LogP contribution < -0.4 is 0 Å². The molecular weight excluding hydrogens is 163 g/mol. The van der Waals surface area contributed by atoms with Crippen molar-refractivity contribution in [2.24, 2.45) is 0 Å². The van der Waals surface area contributed by atoms with E-state index in [1.54, 1.807) is 0 Å². The summed E-state index contributed by atoms with van der Waals surface area (Å²) < 4.78 is 9.50. The van der Waals surface area contributed by atoms with Gasteiger partial charge in [-0.05, 0) is 12.0 Å². The summed E-state index contributed by atoms with van der Waals surface area (Å²) in [5, 5.41) is 0. The van der Waals surface area contributed by atoms with Crippen LogP contribution in [0.2, 0.25) is 0 Å². The molecule has 0 aliphatic rings. The Bertz CT molecular complexity index is 158. The van der Waals surface area contributed by atoms with Crippen molar-refractivity contribution in [1.29, 1.82) is 0 Å². The zero-order valence-corrected chi connectivity index (χ0v) is 9.18. The Labute approximate surface area is 81.8 Å². The molecule has 76 valence electrons. The van der Waals surface area contributed by atoms with E-state index in [9.17, 15) is 4.39 Å². The summed E-state index contributed by atoms with van der Waals surface area (Å²) in [6, 6.07) is 10.6. The van der Waals surface area contributed by atoms with E-state index in [0.717, 1.165) is 0 Å². The molecule has 0 atom stereocenters. The number of benzene rings is 1. The lowest BCUT2D eigenvalue weighted by Crippen LogP contribution is -1.78. The minimum atomic E-state index is 0.500. The van der Waals surface area contributed by atoms with E-state index in [1.165, 1.54) is 18.4 Å². The van der Waals surface area contributed by atoms with Gasteiger partial charge in [-0.25, -0.2) is 0 Å². The molecule has 0 fully saturated rings. The van der Waals surface area contributed by atoms with Crippen molar-refractivity contribution in [2.45, 2.75) is 33.6 Å². The Kier molecular flexibility index (Phi) is 15.5. The summed E-state index contributed by atoms with van der Waals surface area (Å²) >= 11 is 0. The van der Waals surface area contributed by atoms with Crippen molar-refractivity contribution < 1.29 is 4.39 Å². The molecule has 0 heterocycles. The fourth-order valence-electron chi connectivity index (χ4n) is 0.933. The second-order valence-electron chi connectivity index (χ2n) is 2.24. The number of rotatable bonds is 2. The highest BCUT2D eigenvalue weighted by atomic mass is 19.1. The third-order valence-corrected chi connectivity index (χ3v) is 1.38. The predicted octanol–water partition coefficient (Wildman–Crippen LogP) is 4.25. The SMILES string of the molecule is CC.CCCc1ccccc1.CF. The molecular formula is C12H21F. The highest BCUT2D eigenvalue weighted by Gasteiger charge is 1.84. The minimum Gasteiger partial charge on any atom is -0.255 e. The van der Waals surface area contributed by atoms with Gasteiger partial charge >= 0.3 is 0 Å². The first-order chi connectivity index (χ1) is 6.43. The maximum atomic E-state index is 9.50. The molecule has 0 bridgehead atoms. The van der Waals surface area contributed by atoms with Crippen LogP contribution in [0.15, 0.2) is 30.3 Å². The Hall–Kier alpha value is -0.850. The van der Waals surface area contributed by atoms with Gasteiger partial charge in [-0.1, -0.05) is 57.5 Å². The van der Waals surface area contributed by atoms with E-state index in [2.05, 4.69) is 37.3 Å². The number of alkyl halides is 1. The van der Waals surface area contributed by atoms with Gasteiger partial charge in [0.25, 0.3) is 0 Å². The van der Waals surface area contributed by atoms with Gasteiger partial charge in [0.1, 0.15) is 0 Å². The average molecular weight is 184 g/mol. The van der Waals surface area contributed by atoms with Crippen molar-refractivity contribution in [2.75, 3.05) is 7.18 Å². The number of hydrogen-bond donors (Lipinski definition) is 0. The number of halogens is 1. The topological polar surface area (TPSA) is 0 Å². The van der Waals surface area contributed by atoms with Crippen LogP contribution in [-0.2, 0) is 6.42 Å². The Morgan fingerprint density at radius 2 is 1.46 bits per heavy atom. The smallest absolute Gasteiger partial charge is 0.0785 e. The molecule has 0 unspecified atom stereocenters. The molecule has 0 saturated carbocycles. The largest absolute Gasteiger partial charge is 0.255 e. The summed E-state index contributed by atoms with van der Waals surface area (Å²) in [7, 11) is 0.500. The van der Waals surface area contributed by atoms with E-state index >= 15 is 0 Å². The fourth-order valence-corrected chi connectivity index (χ4v) is 0.933. The average Bonchev–Trinajstić information content (AvgIpc) is 2.26. The Morgan fingerprint density at radius 3 is 1.85 bits per heavy atom. The first-order valence-electron chi connectivity index (χ1n) is 4.85. The van der Waals surface area contributed by atoms with E-state index in [-0.39, 0.29) is 0 Å². The molecule has 0 spiro atoms. The number of aryl methyl sites for hydroxylation is 1. The second-order valence-corrected chi connectivity index (χ2v) is 2.24. The quantitative estimate of drug-likeness (QED) is 0.644. The molecule has 0 saturated heterocycles. The van der Waals surface area contributed by atoms with Crippen LogP contribution in [-0.4, -0.2) is 7.18 Å². The molecule has 0 amide bonds. The van der Waals surface area contributed by atoms with Gasteiger partial charge < -0.3 is 0 Å². The van der Waals surface area contributed by atoms with Gasteiger partial charge in [0.15, 0.2) is 0 Å². The van der Waals surface area contributed by atoms with Crippen molar-refractivity contribution in [3.63, 3.8) is 0 Å². The molecule has 13 heavy (non-hydrogen) atoms. The number of hydrogen-bond acceptors (Lipinski definition) is 0. The maximum absolute atomic E-state index is 9.50. The normalized spacial score (nSPS) is 7.46. The molecule has 0 aliphatic heterocycles. The Balaban J connectivity index is 0. The molecule has 0 N–H and O–H groups in total. The van der Waals surface area contributed by atoms with Crippen LogP contribution in [0.1, 0.15) is 32.8 Å². The standard InChI is InChI=1S/C9H12.C2H6.CH3F/c1-2-6-9-7-4-3-5-8-9;2*1-2/h3-5,7-8H,2,6H2,1H3;1-2H3;1H3. The van der Waals surface area contributed by atoms with Crippen molar-refractivity contribution in [1.82, 2.24) is 0 Å². The van der Waals surface area contributed by atoms with Gasteiger partial charge in [0, 0.05) is 0 Å². The molecule has 1 aromatic carbocycles. The third-order valence-electron chi connectivity index (χ3n) is 1.38. The minimum absolute atomic E-state index is 0.500. The van der Waals surface area contributed by atoms with Crippen LogP contribution in [0.25, 0.3) is 0 Å². The summed E-state index contributed by atoms with van der Waals surface area (Å²) in [6.45, 7) is 6.20. The summed E-state index contributed by atoms with van der Waals surface area (Å²) in [5.41, 5.74) is 1.44. The van der Waals surface area contributed by atoms with Gasteiger partial charge in [-0.3, -0.25) is 4.39 Å². The zero-order valence-electron chi connectivity index (χ0n) is 9.18. The lowest BCUT2D eigenvalue weighted by Gasteiger charge is -1.93. The van der Waals surface area contributed by atoms with Crippen LogP contribution in [0.5, 0.6) is 0 Å². The van der Waals surface area contributed by atoms with Gasteiger partial charge in [0.05, 0.1) is 7.18 Å². The van der Waals surface area contributed by atoms with Crippen molar-refractivity contribution in [3.05, 3.63) is 35.9 Å². The molecule has 0 radical (unpaired) electrons. The highest BCUT2D eigenvalue weighted by Crippen LogP contribution is 2.00. The fraction of sp³-hybridized carbons (Fsp3) is 0.500. The highest BCUT2D eigenvalue weighted by molar-refractivity contribution is 5.14. The van der Waals surface area contributed by atoms with E-state index in [1.807, 2.05) is 13.8 Å². The summed E-state index contributed by atoms with van der Waals surface area (Å²) in [4.78, 5) is 0. The van der Waals surface area contributed by atoms with Gasteiger partial charge in [-0.2, -0.15) is 0 Å². The Morgan fingerprint density at radius 1 is 1.00 bits per heavy atom. The molecule has 0 nitrogen and oxygen atoms in total. The summed E-state index contributed by atoms with van der Waals surface area (Å²) in [6.07, 6.45) is 2.45. The van der Waals surface area contributed by atoms with Crippen LogP contribution >= 0.6 is 0 Å². The maximum Gasteiger partial charge on any atom is 0.0785 e. The molecule has 0 aromatic heterocycles. The van der Waals surface area contributed by atoms with E-state index in [0.29, 0.717) is 7.18 Å². The lowest BCUT2D eigenvalue weighted by atomic mass is 10.1. The predicted molar refractivity (Wildman–Crippen MR) is 58.8 cm³/mol. The van der Waals surface area contributed by atoms with Gasteiger partial charge in [-0.15, -0.1) is 0 Å². The molecule has 1 rings (SSSR count).